The van der Waals surface area contributed by atoms with Gasteiger partial charge in [0.25, 0.3) is 0 Å². The SMILES string of the molecule is CCS(=O)(=O)c1c(N2CCCC2)sc(C(=O)C2CC2)c1N. The molecule has 3 rings (SSSR count). The maximum atomic E-state index is 12.4. The van der Waals surface area contributed by atoms with Crippen LogP contribution in [-0.4, -0.2) is 33.0 Å². The normalized spacial score (nSPS) is 19.2. The predicted molar refractivity (Wildman–Crippen MR) is 85.0 cm³/mol. The second-order valence-electron chi connectivity index (χ2n) is 5.72. The molecule has 2 aliphatic rings. The Balaban J connectivity index is 2.12. The lowest BCUT2D eigenvalue weighted by Gasteiger charge is -2.17. The third-order valence-electron chi connectivity index (χ3n) is 4.14. The smallest absolute Gasteiger partial charge is 0.183 e. The maximum Gasteiger partial charge on any atom is 0.183 e. The second-order valence-corrected chi connectivity index (χ2v) is 8.93. The topological polar surface area (TPSA) is 80.5 Å². The van der Waals surface area contributed by atoms with E-state index in [1.807, 2.05) is 0 Å². The van der Waals surface area contributed by atoms with Gasteiger partial charge < -0.3 is 10.6 Å². The van der Waals surface area contributed by atoms with Crippen molar-refractivity contribution in [3.8, 4) is 0 Å². The first-order valence-corrected chi connectivity index (χ1v) is 9.86. The Hall–Kier alpha value is -1.08. The molecule has 1 saturated carbocycles. The minimum absolute atomic E-state index is 0.00579. The Bertz CT molecular complexity index is 669. The number of carbonyl (C=O) groups is 1. The number of anilines is 2. The van der Waals surface area contributed by atoms with E-state index in [4.69, 9.17) is 5.73 Å². The number of sulfone groups is 1. The van der Waals surface area contributed by atoms with Gasteiger partial charge in [0.1, 0.15) is 9.90 Å². The number of carbonyl (C=O) groups excluding carboxylic acids is 1. The number of nitrogens with two attached hydrogens (primary N) is 1. The molecular weight excluding hydrogens is 308 g/mol. The zero-order valence-corrected chi connectivity index (χ0v) is 13.7. The first-order valence-electron chi connectivity index (χ1n) is 7.40. The van der Waals surface area contributed by atoms with E-state index in [0.29, 0.717) is 9.88 Å². The monoisotopic (exact) mass is 328 g/mol. The van der Waals surface area contributed by atoms with E-state index in [1.54, 1.807) is 6.92 Å². The molecule has 0 aromatic carbocycles. The lowest BCUT2D eigenvalue weighted by atomic mass is 10.2. The predicted octanol–water partition coefficient (Wildman–Crippen LogP) is 2.32. The molecule has 116 valence electrons. The van der Waals surface area contributed by atoms with E-state index in [0.717, 1.165) is 38.8 Å². The quantitative estimate of drug-likeness (QED) is 0.839. The fourth-order valence-electron chi connectivity index (χ4n) is 2.70. The lowest BCUT2D eigenvalue weighted by molar-refractivity contribution is 0.0972. The molecule has 1 aliphatic heterocycles. The number of Topliss-reactive ketones (excluding diaryl/α,β-unsaturated/α-hetero) is 1. The molecule has 1 aromatic heterocycles. The molecule has 5 nitrogen and oxygen atoms in total. The Labute approximate surface area is 129 Å². The third-order valence-corrected chi connectivity index (χ3v) is 7.34. The molecule has 0 bridgehead atoms. The van der Waals surface area contributed by atoms with Gasteiger partial charge in [-0.25, -0.2) is 8.42 Å². The molecule has 0 unspecified atom stereocenters. The number of thiophene rings is 1. The Morgan fingerprint density at radius 2 is 1.95 bits per heavy atom. The van der Waals surface area contributed by atoms with Crippen molar-refractivity contribution in [3.05, 3.63) is 4.88 Å². The summed E-state index contributed by atoms with van der Waals surface area (Å²) in [6.07, 6.45) is 3.89. The summed E-state index contributed by atoms with van der Waals surface area (Å²) in [5, 5.41) is 0.677. The molecule has 0 amide bonds. The van der Waals surface area contributed by atoms with Crippen LogP contribution in [0.3, 0.4) is 0 Å². The third kappa shape index (κ3) is 2.57. The molecule has 0 radical (unpaired) electrons. The molecule has 0 spiro atoms. The fourth-order valence-corrected chi connectivity index (χ4v) is 5.58. The highest BCUT2D eigenvalue weighted by atomic mass is 32.2. The second kappa shape index (κ2) is 5.28. The van der Waals surface area contributed by atoms with E-state index in [-0.39, 0.29) is 28.0 Å². The van der Waals surface area contributed by atoms with Crippen molar-refractivity contribution in [2.45, 2.75) is 37.5 Å². The molecule has 0 atom stereocenters. The Kier molecular flexibility index (Phi) is 3.73. The van der Waals surface area contributed by atoms with E-state index >= 15 is 0 Å². The van der Waals surface area contributed by atoms with Gasteiger partial charge >= 0.3 is 0 Å². The molecule has 2 heterocycles. The summed E-state index contributed by atoms with van der Waals surface area (Å²) in [5.41, 5.74) is 6.26. The molecule has 21 heavy (non-hydrogen) atoms. The van der Waals surface area contributed by atoms with E-state index in [2.05, 4.69) is 4.90 Å². The van der Waals surface area contributed by atoms with Crippen molar-refractivity contribution in [2.75, 3.05) is 29.5 Å². The van der Waals surface area contributed by atoms with Gasteiger partial charge in [0.05, 0.1) is 16.3 Å². The highest BCUT2D eigenvalue weighted by Gasteiger charge is 2.37. The average Bonchev–Trinajstić information content (AvgIpc) is 3.04. The van der Waals surface area contributed by atoms with E-state index in [9.17, 15) is 13.2 Å². The van der Waals surface area contributed by atoms with Crippen molar-refractivity contribution < 1.29 is 13.2 Å². The number of hydrogen-bond acceptors (Lipinski definition) is 6. The lowest BCUT2D eigenvalue weighted by Crippen LogP contribution is -2.19. The fraction of sp³-hybridized carbons (Fsp3) is 0.643. The van der Waals surface area contributed by atoms with Gasteiger partial charge in [0.2, 0.25) is 0 Å². The van der Waals surface area contributed by atoms with Crippen molar-refractivity contribution in [2.24, 2.45) is 5.92 Å². The van der Waals surface area contributed by atoms with Crippen LogP contribution >= 0.6 is 11.3 Å². The number of rotatable bonds is 5. The van der Waals surface area contributed by atoms with Crippen LogP contribution in [0.2, 0.25) is 0 Å². The Morgan fingerprint density at radius 3 is 2.48 bits per heavy atom. The first-order chi connectivity index (χ1) is 9.95. The van der Waals surface area contributed by atoms with E-state index in [1.165, 1.54) is 11.3 Å². The van der Waals surface area contributed by atoms with Crippen LogP contribution < -0.4 is 10.6 Å². The molecule has 1 aliphatic carbocycles. The summed E-state index contributed by atoms with van der Waals surface area (Å²) >= 11 is 1.27. The van der Waals surface area contributed by atoms with Crippen LogP contribution in [-0.2, 0) is 9.84 Å². The zero-order valence-electron chi connectivity index (χ0n) is 12.1. The zero-order chi connectivity index (χ0) is 15.2. The molecule has 1 saturated heterocycles. The van der Waals surface area contributed by atoms with Gasteiger partial charge in [0.15, 0.2) is 15.6 Å². The summed E-state index contributed by atoms with van der Waals surface area (Å²) < 4.78 is 24.8. The molecule has 7 heteroatoms. The summed E-state index contributed by atoms with van der Waals surface area (Å²) in [7, 11) is -3.42. The number of hydrogen-bond donors (Lipinski definition) is 1. The standard InChI is InChI=1S/C14H20N2O3S2/c1-2-21(18,19)13-10(15)12(11(17)9-5-6-9)20-14(13)16-7-3-4-8-16/h9H,2-8,15H2,1H3. The van der Waals surface area contributed by atoms with Crippen LogP contribution in [0.5, 0.6) is 0 Å². The van der Waals surface area contributed by atoms with Crippen LogP contribution in [0.4, 0.5) is 10.7 Å². The van der Waals surface area contributed by atoms with Gasteiger partial charge in [-0.15, -0.1) is 11.3 Å². The van der Waals surface area contributed by atoms with Crippen molar-refractivity contribution in [1.82, 2.24) is 0 Å². The van der Waals surface area contributed by atoms with Gasteiger partial charge in [-0.1, -0.05) is 6.92 Å². The van der Waals surface area contributed by atoms with Crippen LogP contribution in [0, 0.1) is 5.92 Å². The summed E-state index contributed by atoms with van der Waals surface area (Å²) in [4.78, 5) is 15.0. The largest absolute Gasteiger partial charge is 0.396 e. The number of ketones is 1. The average molecular weight is 328 g/mol. The highest BCUT2D eigenvalue weighted by Crippen LogP contribution is 2.46. The van der Waals surface area contributed by atoms with Crippen LogP contribution in [0.15, 0.2) is 4.90 Å². The van der Waals surface area contributed by atoms with Gasteiger partial charge in [0, 0.05) is 19.0 Å². The highest BCUT2D eigenvalue weighted by molar-refractivity contribution is 7.92. The maximum absolute atomic E-state index is 12.4. The summed E-state index contributed by atoms with van der Waals surface area (Å²) in [6.45, 7) is 3.29. The number of nitrogens with zero attached hydrogens (tertiary/aromatic N) is 1. The van der Waals surface area contributed by atoms with Crippen LogP contribution in [0.1, 0.15) is 42.3 Å². The number of nitrogen functional groups attached to an aromatic ring is 1. The van der Waals surface area contributed by atoms with Crippen molar-refractivity contribution >= 4 is 37.6 Å². The van der Waals surface area contributed by atoms with Gasteiger partial charge in [-0.3, -0.25) is 4.79 Å². The van der Waals surface area contributed by atoms with Crippen LogP contribution in [0.25, 0.3) is 0 Å². The van der Waals surface area contributed by atoms with Gasteiger partial charge in [-0.2, -0.15) is 0 Å². The first kappa shape index (κ1) is 14.8. The molecular formula is C14H20N2O3S2. The molecule has 2 N–H and O–H groups in total. The summed E-state index contributed by atoms with van der Waals surface area (Å²) in [6, 6.07) is 0. The van der Waals surface area contributed by atoms with Crippen molar-refractivity contribution in [1.29, 1.82) is 0 Å². The molecule has 2 fully saturated rings. The Morgan fingerprint density at radius 1 is 1.33 bits per heavy atom. The van der Waals surface area contributed by atoms with E-state index < -0.39 is 9.84 Å². The van der Waals surface area contributed by atoms with Crippen molar-refractivity contribution in [3.63, 3.8) is 0 Å². The minimum atomic E-state index is -3.42. The minimum Gasteiger partial charge on any atom is -0.396 e. The molecule has 1 aromatic rings. The summed E-state index contributed by atoms with van der Waals surface area (Å²) in [5.74, 6) is 0.0799. The van der Waals surface area contributed by atoms with Gasteiger partial charge in [-0.05, 0) is 25.7 Å².